The van der Waals surface area contributed by atoms with E-state index in [0.717, 1.165) is 34.4 Å². The van der Waals surface area contributed by atoms with Gasteiger partial charge in [-0.05, 0) is 61.3 Å². The molecule has 0 radical (unpaired) electrons. The number of thiocarbonyl (C=S) groups is 1. The molecule has 7 heteroatoms. The van der Waals surface area contributed by atoms with Crippen molar-refractivity contribution in [2.45, 2.75) is 39.8 Å². The van der Waals surface area contributed by atoms with Crippen LogP contribution < -0.4 is 5.32 Å². The van der Waals surface area contributed by atoms with E-state index in [1.165, 1.54) is 23.3 Å². The topological polar surface area (TPSA) is 54.2 Å². The summed E-state index contributed by atoms with van der Waals surface area (Å²) in [7, 11) is 0. The molecule has 0 aliphatic carbocycles. The van der Waals surface area contributed by atoms with Gasteiger partial charge in [0.15, 0.2) is 5.11 Å². The van der Waals surface area contributed by atoms with Crippen LogP contribution in [0.3, 0.4) is 0 Å². The first-order valence-corrected chi connectivity index (χ1v) is 12.4. The van der Waals surface area contributed by atoms with Crippen LogP contribution in [0.25, 0.3) is 17.0 Å². The van der Waals surface area contributed by atoms with Gasteiger partial charge in [0.1, 0.15) is 5.82 Å². The molecular formula is C29H27FN4OS. The number of halogens is 1. The first kappa shape index (κ1) is 23.9. The van der Waals surface area contributed by atoms with Crippen LogP contribution in [0.15, 0.2) is 83.0 Å². The van der Waals surface area contributed by atoms with E-state index in [2.05, 4.69) is 60.7 Å². The molecule has 4 aromatic rings. The number of nitrogens with zero attached hydrogens (tertiary/aromatic N) is 3. The molecule has 1 N–H and O–H groups in total. The zero-order chi connectivity index (χ0) is 25.2. The van der Waals surface area contributed by atoms with Gasteiger partial charge in [0.05, 0.1) is 11.6 Å². The third-order valence-electron chi connectivity index (χ3n) is 6.54. The predicted octanol–water partition coefficient (Wildman–Crippen LogP) is 6.61. The zero-order valence-corrected chi connectivity index (χ0v) is 21.3. The molecule has 1 aliphatic heterocycles. The average Bonchev–Trinajstić information content (AvgIpc) is 3.37. The highest BCUT2D eigenvalue weighted by atomic mass is 32.1. The summed E-state index contributed by atoms with van der Waals surface area (Å²) in [6.45, 7) is 6.79. The third kappa shape index (κ3) is 4.79. The Morgan fingerprint density at radius 3 is 2.28 bits per heavy atom. The smallest absolute Gasteiger partial charge is 0.258 e. The van der Waals surface area contributed by atoms with E-state index in [-0.39, 0.29) is 11.9 Å². The van der Waals surface area contributed by atoms with Crippen LogP contribution in [0.1, 0.15) is 48.0 Å². The van der Waals surface area contributed by atoms with Crippen LogP contribution in [0.2, 0.25) is 0 Å². The molecule has 5 rings (SSSR count). The summed E-state index contributed by atoms with van der Waals surface area (Å²) >= 11 is 5.78. The highest BCUT2D eigenvalue weighted by molar-refractivity contribution is 7.80. The number of benzene rings is 3. The van der Waals surface area contributed by atoms with Crippen LogP contribution in [0, 0.1) is 12.7 Å². The molecule has 0 saturated heterocycles. The van der Waals surface area contributed by atoms with Gasteiger partial charge in [-0.25, -0.2) is 4.39 Å². The minimum atomic E-state index is -0.358. The van der Waals surface area contributed by atoms with Gasteiger partial charge in [0.2, 0.25) is 5.82 Å². The number of hydrogen-bond donors (Lipinski definition) is 1. The van der Waals surface area contributed by atoms with E-state index >= 15 is 0 Å². The number of nitrogens with one attached hydrogen (secondary N) is 1. The Labute approximate surface area is 215 Å². The van der Waals surface area contributed by atoms with Crippen molar-refractivity contribution < 1.29 is 8.91 Å². The van der Waals surface area contributed by atoms with Crippen molar-refractivity contribution in [1.82, 2.24) is 20.4 Å². The lowest BCUT2D eigenvalue weighted by molar-refractivity contribution is 0.396. The second-order valence-electron chi connectivity index (χ2n) is 8.98. The summed E-state index contributed by atoms with van der Waals surface area (Å²) in [5, 5.41) is 8.28. The quantitative estimate of drug-likeness (QED) is 0.302. The highest BCUT2D eigenvalue weighted by Crippen LogP contribution is 2.38. The molecule has 0 spiro atoms. The van der Waals surface area contributed by atoms with Crippen molar-refractivity contribution in [2.75, 3.05) is 0 Å². The van der Waals surface area contributed by atoms with Crippen molar-refractivity contribution in [3.63, 3.8) is 0 Å². The Morgan fingerprint density at radius 2 is 1.61 bits per heavy atom. The largest absolute Gasteiger partial charge is 0.351 e. The molecule has 0 bridgehead atoms. The van der Waals surface area contributed by atoms with E-state index < -0.39 is 0 Å². The summed E-state index contributed by atoms with van der Waals surface area (Å²) in [6.07, 6.45) is 0.964. The van der Waals surface area contributed by atoms with Crippen LogP contribution in [-0.2, 0) is 13.0 Å². The lowest BCUT2D eigenvalue weighted by Crippen LogP contribution is -2.45. The molecule has 2 heterocycles. The van der Waals surface area contributed by atoms with Gasteiger partial charge in [0.25, 0.3) is 5.89 Å². The fourth-order valence-corrected chi connectivity index (χ4v) is 4.69. The van der Waals surface area contributed by atoms with Gasteiger partial charge in [-0.2, -0.15) is 4.98 Å². The molecule has 0 amide bonds. The molecule has 1 unspecified atom stereocenters. The van der Waals surface area contributed by atoms with Crippen molar-refractivity contribution in [3.05, 3.63) is 112 Å². The van der Waals surface area contributed by atoms with Crippen LogP contribution in [0.5, 0.6) is 0 Å². The third-order valence-corrected chi connectivity index (χ3v) is 6.88. The fourth-order valence-electron chi connectivity index (χ4n) is 4.37. The first-order valence-electron chi connectivity index (χ1n) is 12.0. The van der Waals surface area contributed by atoms with Crippen LogP contribution >= 0.6 is 12.2 Å². The summed E-state index contributed by atoms with van der Waals surface area (Å²) in [6, 6.07) is 22.6. The molecule has 5 nitrogen and oxygen atoms in total. The number of hydrogen-bond acceptors (Lipinski definition) is 4. The minimum Gasteiger partial charge on any atom is -0.351 e. The van der Waals surface area contributed by atoms with Crippen LogP contribution in [0.4, 0.5) is 4.39 Å². The monoisotopic (exact) mass is 498 g/mol. The second-order valence-corrected chi connectivity index (χ2v) is 9.37. The lowest BCUT2D eigenvalue weighted by atomic mass is 9.94. The number of aryl methyl sites for hydroxylation is 2. The zero-order valence-electron chi connectivity index (χ0n) is 20.5. The van der Waals surface area contributed by atoms with Gasteiger partial charge >= 0.3 is 0 Å². The molecule has 36 heavy (non-hydrogen) atoms. The standard InChI is InChI=1S/C29H27FN4OS/c1-4-20-9-11-23(12-10-20)27-32-28(35-33-27)25-19(3)34(17-21-7-5-18(2)6-8-21)29(36)31-26(25)22-13-15-24(30)16-14-22/h5-16,26H,4,17H2,1-3H3,(H,31,36). The average molecular weight is 499 g/mol. The number of rotatable bonds is 6. The molecular weight excluding hydrogens is 471 g/mol. The fraction of sp³-hybridized carbons (Fsp3) is 0.207. The van der Waals surface area contributed by atoms with Crippen molar-refractivity contribution in [1.29, 1.82) is 0 Å². The van der Waals surface area contributed by atoms with E-state index in [1.807, 2.05) is 24.0 Å². The summed E-state index contributed by atoms with van der Waals surface area (Å²) in [5.74, 6) is 0.625. The van der Waals surface area contributed by atoms with Gasteiger partial charge < -0.3 is 14.7 Å². The van der Waals surface area contributed by atoms with Crippen molar-refractivity contribution in [2.24, 2.45) is 0 Å². The van der Waals surface area contributed by atoms with Gasteiger partial charge in [0, 0.05) is 17.8 Å². The van der Waals surface area contributed by atoms with E-state index in [4.69, 9.17) is 21.7 Å². The minimum absolute atomic E-state index is 0.295. The van der Waals surface area contributed by atoms with Gasteiger partial charge in [-0.3, -0.25) is 0 Å². The van der Waals surface area contributed by atoms with E-state index in [9.17, 15) is 4.39 Å². The van der Waals surface area contributed by atoms with Crippen molar-refractivity contribution >= 4 is 22.9 Å². The summed E-state index contributed by atoms with van der Waals surface area (Å²) in [4.78, 5) is 6.80. The maximum absolute atomic E-state index is 13.7. The Balaban J connectivity index is 1.57. The van der Waals surface area contributed by atoms with Gasteiger partial charge in [-0.15, -0.1) is 0 Å². The Bertz CT molecular complexity index is 1410. The van der Waals surface area contributed by atoms with E-state index in [1.54, 1.807) is 12.1 Å². The molecule has 1 aromatic heterocycles. The van der Waals surface area contributed by atoms with E-state index in [0.29, 0.717) is 23.4 Å². The SMILES string of the molecule is CCc1ccc(-c2noc(C3=C(C)N(Cc4ccc(C)cc4)C(=S)NC3c3ccc(F)cc3)n2)cc1. The van der Waals surface area contributed by atoms with Crippen LogP contribution in [-0.4, -0.2) is 20.2 Å². The Morgan fingerprint density at radius 1 is 0.944 bits per heavy atom. The molecule has 1 atom stereocenters. The normalized spacial score (nSPS) is 15.8. The Kier molecular flexibility index (Phi) is 6.65. The number of aromatic nitrogens is 2. The summed E-state index contributed by atoms with van der Waals surface area (Å²) < 4.78 is 19.5. The molecule has 0 saturated carbocycles. The first-order chi connectivity index (χ1) is 17.4. The molecule has 3 aromatic carbocycles. The number of allylic oxidation sites excluding steroid dienone is 1. The summed E-state index contributed by atoms with van der Waals surface area (Å²) in [5.41, 5.74) is 7.04. The Hall–Kier alpha value is -3.84. The van der Waals surface area contributed by atoms with Crippen molar-refractivity contribution in [3.8, 4) is 11.4 Å². The highest BCUT2D eigenvalue weighted by Gasteiger charge is 2.34. The molecule has 1 aliphatic rings. The molecule has 0 fully saturated rings. The lowest BCUT2D eigenvalue weighted by Gasteiger charge is -2.37. The maximum Gasteiger partial charge on any atom is 0.258 e. The second kappa shape index (κ2) is 10.0. The maximum atomic E-state index is 13.7. The predicted molar refractivity (Wildman–Crippen MR) is 143 cm³/mol. The molecule has 182 valence electrons. The van der Waals surface area contributed by atoms with Gasteiger partial charge in [-0.1, -0.05) is 78.3 Å².